The Balaban J connectivity index is 1.75. The largest absolute Gasteiger partial charge is 0.478 e. The molecule has 4 heteroatoms. The van der Waals surface area contributed by atoms with E-state index in [4.69, 9.17) is 0 Å². The molecule has 44 heavy (non-hydrogen) atoms. The van der Waals surface area contributed by atoms with Crippen LogP contribution in [0.2, 0.25) is 0 Å². The predicted octanol–water partition coefficient (Wildman–Crippen LogP) is 10.3. The lowest BCUT2D eigenvalue weighted by Gasteiger charge is -2.23. The number of hydrogen-bond donors (Lipinski definition) is 2. The van der Waals surface area contributed by atoms with E-state index in [2.05, 4.69) is 104 Å². The number of rotatable bonds is 14. The minimum absolute atomic E-state index is 0.0472. The van der Waals surface area contributed by atoms with Crippen LogP contribution >= 0.6 is 0 Å². The van der Waals surface area contributed by atoms with Gasteiger partial charge in [0.05, 0.1) is 11.1 Å². The number of carboxylic acid groups (broad SMARTS) is 2. The van der Waals surface area contributed by atoms with Crippen molar-refractivity contribution in [2.24, 2.45) is 22.7 Å². The lowest BCUT2D eigenvalue weighted by Crippen LogP contribution is -2.11. The first-order valence-electron chi connectivity index (χ1n) is 16.3. The molecule has 3 aromatic carbocycles. The summed E-state index contributed by atoms with van der Waals surface area (Å²) in [4.78, 5) is 24.4. The molecular weight excluding hydrogens is 544 g/mol. The van der Waals surface area contributed by atoms with Crippen LogP contribution in [0.1, 0.15) is 135 Å². The summed E-state index contributed by atoms with van der Waals surface area (Å²) in [7, 11) is 0. The van der Waals surface area contributed by atoms with Crippen LogP contribution in [0.15, 0.2) is 60.7 Å². The van der Waals surface area contributed by atoms with Crippen molar-refractivity contribution in [1.29, 1.82) is 0 Å². The van der Waals surface area contributed by atoms with Gasteiger partial charge in [-0.3, -0.25) is 0 Å². The fourth-order valence-electron chi connectivity index (χ4n) is 6.59. The Kier molecular flexibility index (Phi) is 12.0. The highest BCUT2D eigenvalue weighted by Gasteiger charge is 2.20. The Morgan fingerprint density at radius 3 is 1.18 bits per heavy atom. The third-order valence-electron chi connectivity index (χ3n) is 8.40. The molecule has 2 unspecified atom stereocenters. The van der Waals surface area contributed by atoms with Gasteiger partial charge in [0.15, 0.2) is 0 Å². The van der Waals surface area contributed by atoms with Gasteiger partial charge in [0.2, 0.25) is 0 Å². The first-order valence-corrected chi connectivity index (χ1v) is 16.3. The molecule has 0 aliphatic heterocycles. The van der Waals surface area contributed by atoms with Crippen LogP contribution < -0.4 is 0 Å². The van der Waals surface area contributed by atoms with Gasteiger partial charge in [0.1, 0.15) is 0 Å². The number of carbonyl (C=O) groups is 2. The van der Waals surface area contributed by atoms with E-state index in [1.165, 1.54) is 30.0 Å². The number of aryl methyl sites for hydroxylation is 2. The van der Waals surface area contributed by atoms with Crippen LogP contribution in [0.5, 0.6) is 0 Å². The first-order chi connectivity index (χ1) is 20.5. The van der Waals surface area contributed by atoms with Crippen LogP contribution in [-0.2, 0) is 25.7 Å². The summed E-state index contributed by atoms with van der Waals surface area (Å²) in [6.45, 7) is 18.3. The Morgan fingerprint density at radius 1 is 0.568 bits per heavy atom. The van der Waals surface area contributed by atoms with Crippen molar-refractivity contribution >= 4 is 11.9 Å². The molecule has 0 aliphatic rings. The zero-order valence-corrected chi connectivity index (χ0v) is 28.3. The van der Waals surface area contributed by atoms with Gasteiger partial charge in [-0.05, 0) is 113 Å². The van der Waals surface area contributed by atoms with E-state index in [1.807, 2.05) is 0 Å². The van der Waals surface area contributed by atoms with Gasteiger partial charge >= 0.3 is 11.9 Å². The van der Waals surface area contributed by atoms with Crippen molar-refractivity contribution < 1.29 is 19.8 Å². The molecular formula is C40H54O4. The van der Waals surface area contributed by atoms with Crippen LogP contribution in [0, 0.1) is 22.7 Å². The Labute approximate surface area is 265 Å². The van der Waals surface area contributed by atoms with Gasteiger partial charge in [-0.15, -0.1) is 0 Å². The molecule has 0 amide bonds. The van der Waals surface area contributed by atoms with E-state index in [1.54, 1.807) is 6.07 Å². The lowest BCUT2D eigenvalue weighted by molar-refractivity contribution is 0.0695. The summed E-state index contributed by atoms with van der Waals surface area (Å²) in [5.41, 5.74) is 6.60. The molecule has 3 rings (SSSR count). The van der Waals surface area contributed by atoms with Crippen molar-refractivity contribution in [2.45, 2.75) is 107 Å². The van der Waals surface area contributed by atoms with Gasteiger partial charge in [0.25, 0.3) is 0 Å². The fraction of sp³-hybridized carbons (Fsp3) is 0.500. The standard InChI is InChI=1S/C40H54O4/c1-27(25-39(3,4)5)9-11-29-13-17-31(18-14-29)21-33-23-34(36(38(43)44)24-35(33)37(41)42)22-32-19-15-30(16-20-32)12-10-28(2)26-40(6,7)8/h13-20,23-24,27-28H,9-12,21-22,25-26H2,1-8H3,(H,41,42)(H,43,44). The summed E-state index contributed by atoms with van der Waals surface area (Å²) in [6.07, 6.45) is 7.56. The lowest BCUT2D eigenvalue weighted by atomic mass is 9.83. The average Bonchev–Trinajstić information content (AvgIpc) is 2.90. The minimum atomic E-state index is -1.11. The Morgan fingerprint density at radius 2 is 0.886 bits per heavy atom. The van der Waals surface area contributed by atoms with E-state index in [0.29, 0.717) is 46.6 Å². The van der Waals surface area contributed by atoms with Crippen molar-refractivity contribution in [3.63, 3.8) is 0 Å². The maximum Gasteiger partial charge on any atom is 0.336 e. The van der Waals surface area contributed by atoms with Gasteiger partial charge < -0.3 is 10.2 Å². The van der Waals surface area contributed by atoms with E-state index in [0.717, 1.165) is 36.8 Å². The van der Waals surface area contributed by atoms with E-state index < -0.39 is 11.9 Å². The molecule has 4 nitrogen and oxygen atoms in total. The average molecular weight is 599 g/mol. The molecule has 2 atom stereocenters. The molecule has 0 saturated carbocycles. The maximum absolute atomic E-state index is 12.2. The summed E-state index contributed by atoms with van der Waals surface area (Å²) in [6, 6.07) is 20.0. The normalized spacial score (nSPS) is 13.5. The van der Waals surface area contributed by atoms with Crippen LogP contribution in [0.25, 0.3) is 0 Å². The molecule has 0 aliphatic carbocycles. The maximum atomic E-state index is 12.2. The number of carboxylic acids is 2. The van der Waals surface area contributed by atoms with E-state index in [-0.39, 0.29) is 11.1 Å². The van der Waals surface area contributed by atoms with Gasteiger partial charge in [0, 0.05) is 0 Å². The molecule has 0 bridgehead atoms. The van der Waals surface area contributed by atoms with Crippen molar-refractivity contribution in [1.82, 2.24) is 0 Å². The highest BCUT2D eigenvalue weighted by Crippen LogP contribution is 2.29. The molecule has 0 fully saturated rings. The minimum Gasteiger partial charge on any atom is -0.478 e. The molecule has 0 saturated heterocycles. The molecule has 3 aromatic rings. The van der Waals surface area contributed by atoms with Gasteiger partial charge in [-0.1, -0.05) is 110 Å². The predicted molar refractivity (Wildman–Crippen MR) is 182 cm³/mol. The fourth-order valence-corrected chi connectivity index (χ4v) is 6.59. The quantitative estimate of drug-likeness (QED) is 0.194. The molecule has 0 radical (unpaired) electrons. The second kappa shape index (κ2) is 15.1. The summed E-state index contributed by atoms with van der Waals surface area (Å²) >= 11 is 0. The number of aromatic carboxylic acids is 2. The second-order valence-corrected chi connectivity index (χ2v) is 15.6. The van der Waals surface area contributed by atoms with Crippen molar-refractivity contribution in [3.8, 4) is 0 Å². The molecule has 0 heterocycles. The zero-order chi connectivity index (χ0) is 32.7. The van der Waals surface area contributed by atoms with Gasteiger partial charge in [-0.25, -0.2) is 9.59 Å². The van der Waals surface area contributed by atoms with Gasteiger partial charge in [-0.2, -0.15) is 0 Å². The second-order valence-electron chi connectivity index (χ2n) is 15.6. The van der Waals surface area contributed by atoms with Crippen LogP contribution in [0.4, 0.5) is 0 Å². The smallest absolute Gasteiger partial charge is 0.336 e. The third-order valence-corrected chi connectivity index (χ3v) is 8.40. The monoisotopic (exact) mass is 598 g/mol. The highest BCUT2D eigenvalue weighted by molar-refractivity contribution is 5.96. The Hall–Kier alpha value is -3.40. The topological polar surface area (TPSA) is 74.6 Å². The molecule has 0 aromatic heterocycles. The van der Waals surface area contributed by atoms with E-state index >= 15 is 0 Å². The molecule has 238 valence electrons. The van der Waals surface area contributed by atoms with Crippen molar-refractivity contribution in [3.05, 3.63) is 105 Å². The summed E-state index contributed by atoms with van der Waals surface area (Å²) in [5.74, 6) is -0.915. The SMILES string of the molecule is CC(CCc1ccc(Cc2cc(Cc3ccc(CCC(C)CC(C)(C)C)cc3)c(C(=O)O)cc2C(=O)O)cc1)CC(C)(C)C. The van der Waals surface area contributed by atoms with E-state index in [9.17, 15) is 19.8 Å². The zero-order valence-electron chi connectivity index (χ0n) is 28.3. The molecule has 0 spiro atoms. The van der Waals surface area contributed by atoms with Crippen LogP contribution in [0.3, 0.4) is 0 Å². The van der Waals surface area contributed by atoms with Crippen molar-refractivity contribution in [2.75, 3.05) is 0 Å². The summed E-state index contributed by atoms with van der Waals surface area (Å²) in [5, 5.41) is 19.9. The third kappa shape index (κ3) is 11.6. The molecule has 2 N–H and O–H groups in total. The highest BCUT2D eigenvalue weighted by atomic mass is 16.4. The Bertz CT molecular complexity index is 1280. The van der Waals surface area contributed by atoms with Crippen LogP contribution in [-0.4, -0.2) is 22.2 Å². The number of benzene rings is 3. The summed E-state index contributed by atoms with van der Waals surface area (Å²) < 4.78 is 0. The first kappa shape index (κ1) is 35.1. The number of hydrogen-bond acceptors (Lipinski definition) is 2.